The summed E-state index contributed by atoms with van der Waals surface area (Å²) >= 11 is 0. The highest BCUT2D eigenvalue weighted by Gasteiger charge is 2.19. The minimum atomic E-state index is -1.21. The Morgan fingerprint density at radius 1 is 1.14 bits per heavy atom. The lowest BCUT2D eigenvalue weighted by molar-refractivity contribution is 0.0699. The number of rotatable bonds is 2. The van der Waals surface area contributed by atoms with Gasteiger partial charge in [0.05, 0.1) is 16.6 Å². The molecule has 1 aromatic heterocycles. The van der Waals surface area contributed by atoms with E-state index in [4.69, 9.17) is 5.11 Å². The number of aromatic amines is 1. The summed E-state index contributed by atoms with van der Waals surface area (Å²) in [6, 6.07) is 5.39. The molecule has 0 bridgehead atoms. The molecule has 0 saturated carbocycles. The van der Waals surface area contributed by atoms with Crippen LogP contribution in [0.15, 0.2) is 30.3 Å². The predicted molar refractivity (Wildman–Crippen MR) is 68.4 cm³/mol. The Morgan fingerprint density at radius 3 is 2.43 bits per heavy atom. The van der Waals surface area contributed by atoms with E-state index in [9.17, 15) is 18.0 Å². The Kier molecular flexibility index (Phi) is 2.90. The van der Waals surface area contributed by atoms with Gasteiger partial charge in [-0.05, 0) is 12.1 Å². The molecule has 106 valence electrons. The van der Waals surface area contributed by atoms with Crippen LogP contribution in [0.2, 0.25) is 0 Å². The van der Waals surface area contributed by atoms with E-state index in [-0.39, 0.29) is 16.9 Å². The van der Waals surface area contributed by atoms with Crippen LogP contribution in [0.25, 0.3) is 22.4 Å². The number of carboxylic acid groups (broad SMARTS) is 1. The minimum absolute atomic E-state index is 0.0723. The molecule has 4 nitrogen and oxygen atoms in total. The molecule has 0 aliphatic heterocycles. The fourth-order valence-corrected chi connectivity index (χ4v) is 2.09. The van der Waals surface area contributed by atoms with Crippen LogP contribution in [0, 0.1) is 17.5 Å². The van der Waals surface area contributed by atoms with E-state index in [1.807, 2.05) is 0 Å². The summed E-state index contributed by atoms with van der Waals surface area (Å²) in [4.78, 5) is 17.6. The number of halogens is 3. The van der Waals surface area contributed by atoms with Crippen LogP contribution in [0.1, 0.15) is 10.4 Å². The molecule has 0 saturated heterocycles. The van der Waals surface area contributed by atoms with Gasteiger partial charge in [-0.1, -0.05) is 6.07 Å². The van der Waals surface area contributed by atoms with Crippen molar-refractivity contribution in [2.45, 2.75) is 0 Å². The molecule has 0 atom stereocenters. The standard InChI is InChI=1S/C14H7F3N2O2/c15-6-4-8(16)11(9(17)5-6)13-18-10-3-1-2-7(14(20)21)12(10)19-13/h1-5H,(H,18,19)(H,20,21). The first-order valence-corrected chi connectivity index (χ1v) is 5.84. The summed E-state index contributed by atoms with van der Waals surface area (Å²) < 4.78 is 40.4. The van der Waals surface area contributed by atoms with E-state index in [0.29, 0.717) is 17.6 Å². The van der Waals surface area contributed by atoms with E-state index in [0.717, 1.165) is 0 Å². The second-order valence-corrected chi connectivity index (χ2v) is 4.34. The number of aromatic carboxylic acids is 1. The molecule has 0 fully saturated rings. The molecule has 2 aromatic carbocycles. The zero-order valence-corrected chi connectivity index (χ0v) is 10.3. The van der Waals surface area contributed by atoms with Crippen molar-refractivity contribution in [1.29, 1.82) is 0 Å². The lowest BCUT2D eigenvalue weighted by Gasteiger charge is -2.01. The maximum atomic E-state index is 13.7. The molecular formula is C14H7F3N2O2. The molecule has 7 heteroatoms. The Morgan fingerprint density at radius 2 is 1.81 bits per heavy atom. The first-order valence-electron chi connectivity index (χ1n) is 5.84. The van der Waals surface area contributed by atoms with Gasteiger partial charge in [0.2, 0.25) is 0 Å². The molecule has 0 unspecified atom stereocenters. The van der Waals surface area contributed by atoms with Gasteiger partial charge in [-0.15, -0.1) is 0 Å². The largest absolute Gasteiger partial charge is 0.478 e. The van der Waals surface area contributed by atoms with Crippen LogP contribution in [-0.2, 0) is 0 Å². The maximum Gasteiger partial charge on any atom is 0.337 e. The quantitative estimate of drug-likeness (QED) is 0.761. The molecule has 3 rings (SSSR count). The first kappa shape index (κ1) is 13.2. The number of aromatic nitrogens is 2. The number of nitrogens with zero attached hydrogens (tertiary/aromatic N) is 1. The fraction of sp³-hybridized carbons (Fsp3) is 0. The van der Waals surface area contributed by atoms with Crippen molar-refractivity contribution in [3.63, 3.8) is 0 Å². The molecule has 1 heterocycles. The molecule has 21 heavy (non-hydrogen) atoms. The summed E-state index contributed by atoms with van der Waals surface area (Å²) in [5.41, 5.74) is -0.252. The second-order valence-electron chi connectivity index (χ2n) is 4.34. The van der Waals surface area contributed by atoms with Crippen molar-refractivity contribution in [1.82, 2.24) is 9.97 Å². The van der Waals surface area contributed by atoms with Crippen LogP contribution >= 0.6 is 0 Å². The smallest absolute Gasteiger partial charge is 0.337 e. The third-order valence-electron chi connectivity index (χ3n) is 2.99. The molecule has 2 N–H and O–H groups in total. The number of imidazole rings is 1. The zero-order valence-electron chi connectivity index (χ0n) is 10.3. The number of H-pyrrole nitrogens is 1. The molecule has 0 spiro atoms. The van der Waals surface area contributed by atoms with Gasteiger partial charge in [-0.2, -0.15) is 0 Å². The fourth-order valence-electron chi connectivity index (χ4n) is 2.09. The van der Waals surface area contributed by atoms with Crippen molar-refractivity contribution in [2.75, 3.05) is 0 Å². The number of fused-ring (bicyclic) bond motifs is 1. The van der Waals surface area contributed by atoms with Gasteiger partial charge in [0.15, 0.2) is 0 Å². The van der Waals surface area contributed by atoms with Gasteiger partial charge < -0.3 is 10.1 Å². The number of nitrogens with one attached hydrogen (secondary N) is 1. The van der Waals surface area contributed by atoms with Gasteiger partial charge in [-0.3, -0.25) is 0 Å². The predicted octanol–water partition coefficient (Wildman–Crippen LogP) is 3.35. The van der Waals surface area contributed by atoms with Crippen LogP contribution in [0.3, 0.4) is 0 Å². The molecule has 0 radical (unpaired) electrons. The van der Waals surface area contributed by atoms with Gasteiger partial charge in [-0.25, -0.2) is 22.9 Å². The van der Waals surface area contributed by atoms with E-state index in [1.165, 1.54) is 18.2 Å². The number of hydrogen-bond donors (Lipinski definition) is 2. The SMILES string of the molecule is O=C(O)c1cccc2[nH]c(-c3c(F)cc(F)cc3F)nc12. The number of benzene rings is 2. The molecule has 0 aliphatic rings. The average molecular weight is 292 g/mol. The van der Waals surface area contributed by atoms with Crippen molar-refractivity contribution < 1.29 is 23.1 Å². The van der Waals surface area contributed by atoms with E-state index in [1.54, 1.807) is 0 Å². The van der Waals surface area contributed by atoms with Crippen LogP contribution in [-0.4, -0.2) is 21.0 Å². The van der Waals surface area contributed by atoms with Crippen molar-refractivity contribution in [3.8, 4) is 11.4 Å². The van der Waals surface area contributed by atoms with Crippen molar-refractivity contribution in [3.05, 3.63) is 53.3 Å². The minimum Gasteiger partial charge on any atom is -0.478 e. The normalized spacial score (nSPS) is 11.0. The summed E-state index contributed by atoms with van der Waals surface area (Å²) in [6.07, 6.45) is 0. The number of carbonyl (C=O) groups is 1. The first-order chi connectivity index (χ1) is 9.97. The number of carboxylic acids is 1. The zero-order chi connectivity index (χ0) is 15.1. The average Bonchev–Trinajstić information content (AvgIpc) is 2.79. The summed E-state index contributed by atoms with van der Waals surface area (Å²) in [7, 11) is 0. The Balaban J connectivity index is 2.28. The third-order valence-corrected chi connectivity index (χ3v) is 2.99. The van der Waals surface area contributed by atoms with Crippen LogP contribution in [0.4, 0.5) is 13.2 Å². The van der Waals surface area contributed by atoms with Gasteiger partial charge in [0, 0.05) is 12.1 Å². The summed E-state index contributed by atoms with van der Waals surface area (Å²) in [5.74, 6) is -4.70. The van der Waals surface area contributed by atoms with Gasteiger partial charge >= 0.3 is 5.97 Å². The molecule has 0 amide bonds. The van der Waals surface area contributed by atoms with E-state index in [2.05, 4.69) is 9.97 Å². The van der Waals surface area contributed by atoms with Gasteiger partial charge in [0.1, 0.15) is 28.8 Å². The van der Waals surface area contributed by atoms with Crippen molar-refractivity contribution >= 4 is 17.0 Å². The Bertz CT molecular complexity index is 851. The number of para-hydroxylation sites is 1. The monoisotopic (exact) mass is 292 g/mol. The summed E-state index contributed by atoms with van der Waals surface area (Å²) in [6.45, 7) is 0. The highest BCUT2D eigenvalue weighted by Crippen LogP contribution is 2.27. The second kappa shape index (κ2) is 4.62. The van der Waals surface area contributed by atoms with E-state index < -0.39 is 29.0 Å². The highest BCUT2D eigenvalue weighted by molar-refractivity contribution is 6.01. The van der Waals surface area contributed by atoms with Crippen LogP contribution < -0.4 is 0 Å². The Hall–Kier alpha value is -2.83. The number of hydrogen-bond acceptors (Lipinski definition) is 2. The van der Waals surface area contributed by atoms with Gasteiger partial charge in [0.25, 0.3) is 0 Å². The molecular weight excluding hydrogens is 285 g/mol. The summed E-state index contributed by atoms with van der Waals surface area (Å²) in [5, 5.41) is 9.06. The Labute approximate surface area is 115 Å². The highest BCUT2D eigenvalue weighted by atomic mass is 19.1. The lowest BCUT2D eigenvalue weighted by atomic mass is 10.2. The van der Waals surface area contributed by atoms with E-state index >= 15 is 0 Å². The molecule has 3 aromatic rings. The lowest BCUT2D eigenvalue weighted by Crippen LogP contribution is -1.97. The van der Waals surface area contributed by atoms with Crippen LogP contribution in [0.5, 0.6) is 0 Å². The molecule has 0 aliphatic carbocycles. The third kappa shape index (κ3) is 2.12. The maximum absolute atomic E-state index is 13.7. The topological polar surface area (TPSA) is 66.0 Å². The van der Waals surface area contributed by atoms with Crippen molar-refractivity contribution in [2.24, 2.45) is 0 Å².